The van der Waals surface area contributed by atoms with Crippen LogP contribution in [0.25, 0.3) is 11.4 Å². The van der Waals surface area contributed by atoms with Crippen LogP contribution in [-0.2, 0) is 0 Å². The zero-order valence-corrected chi connectivity index (χ0v) is 15.0. The highest BCUT2D eigenvalue weighted by molar-refractivity contribution is 5.94. The highest BCUT2D eigenvalue weighted by Crippen LogP contribution is 2.23. The number of nitrogens with zero attached hydrogens (tertiary/aromatic N) is 5. The number of hydrogen-bond donors (Lipinski definition) is 0. The van der Waals surface area contributed by atoms with Crippen molar-refractivity contribution in [3.05, 3.63) is 65.5 Å². The van der Waals surface area contributed by atoms with Gasteiger partial charge in [-0.2, -0.15) is 4.80 Å². The second kappa shape index (κ2) is 7.26. The van der Waals surface area contributed by atoms with E-state index in [9.17, 15) is 9.18 Å². The third kappa shape index (κ3) is 3.72. The molecular weight excluding hydrogens is 345 g/mol. The zero-order chi connectivity index (χ0) is 18.8. The van der Waals surface area contributed by atoms with Crippen molar-refractivity contribution in [2.24, 2.45) is 0 Å². The van der Waals surface area contributed by atoms with E-state index in [0.29, 0.717) is 24.5 Å². The lowest BCUT2D eigenvalue weighted by Gasteiger charge is -2.31. The summed E-state index contributed by atoms with van der Waals surface area (Å²) in [5.74, 6) is 0.133. The Morgan fingerprint density at radius 1 is 1.11 bits per heavy atom. The molecule has 2 aromatic carbocycles. The van der Waals surface area contributed by atoms with E-state index < -0.39 is 0 Å². The van der Waals surface area contributed by atoms with Gasteiger partial charge in [0.25, 0.3) is 5.91 Å². The summed E-state index contributed by atoms with van der Waals surface area (Å²) in [4.78, 5) is 16.1. The molecule has 0 N–H and O–H groups in total. The SMILES string of the molecule is Cc1ccc(-c2nnn(C3CCCN(C(=O)c4ccc(F)cc4)C3)n2)cc1. The van der Waals surface area contributed by atoms with Crippen LogP contribution < -0.4 is 0 Å². The number of hydrogen-bond acceptors (Lipinski definition) is 4. The highest BCUT2D eigenvalue weighted by Gasteiger charge is 2.27. The van der Waals surface area contributed by atoms with Gasteiger partial charge in [-0.05, 0) is 49.2 Å². The van der Waals surface area contributed by atoms with Gasteiger partial charge in [0, 0.05) is 24.2 Å². The molecule has 4 rings (SSSR count). The number of aromatic nitrogens is 4. The van der Waals surface area contributed by atoms with Gasteiger partial charge in [0.1, 0.15) is 5.82 Å². The summed E-state index contributed by atoms with van der Waals surface area (Å²) in [5.41, 5.74) is 2.58. The summed E-state index contributed by atoms with van der Waals surface area (Å²) in [6.07, 6.45) is 1.75. The summed E-state index contributed by atoms with van der Waals surface area (Å²) in [6, 6.07) is 13.6. The number of likely N-dealkylation sites (tertiary alicyclic amines) is 1. The Morgan fingerprint density at radius 2 is 1.85 bits per heavy atom. The first-order chi connectivity index (χ1) is 13.1. The maximum absolute atomic E-state index is 13.1. The number of aryl methyl sites for hydroxylation is 1. The second-order valence-corrected chi connectivity index (χ2v) is 6.85. The minimum absolute atomic E-state index is 0.0187. The van der Waals surface area contributed by atoms with Crippen molar-refractivity contribution in [2.45, 2.75) is 25.8 Å². The minimum Gasteiger partial charge on any atom is -0.336 e. The Hall–Kier alpha value is -3.09. The molecule has 0 bridgehead atoms. The van der Waals surface area contributed by atoms with Crippen LogP contribution >= 0.6 is 0 Å². The van der Waals surface area contributed by atoms with E-state index in [-0.39, 0.29) is 17.8 Å². The second-order valence-electron chi connectivity index (χ2n) is 6.85. The maximum Gasteiger partial charge on any atom is 0.253 e. The van der Waals surface area contributed by atoms with Crippen LogP contribution in [0.5, 0.6) is 0 Å². The monoisotopic (exact) mass is 365 g/mol. The van der Waals surface area contributed by atoms with Crippen LogP contribution in [0, 0.1) is 12.7 Å². The summed E-state index contributed by atoms with van der Waals surface area (Å²) >= 11 is 0. The summed E-state index contributed by atoms with van der Waals surface area (Å²) in [6.45, 7) is 3.22. The fourth-order valence-corrected chi connectivity index (χ4v) is 3.30. The molecule has 1 aromatic heterocycles. The molecule has 0 spiro atoms. The van der Waals surface area contributed by atoms with Crippen LogP contribution in [0.15, 0.2) is 48.5 Å². The van der Waals surface area contributed by atoms with E-state index in [4.69, 9.17) is 0 Å². The van der Waals surface area contributed by atoms with Gasteiger partial charge in [0.15, 0.2) is 0 Å². The standard InChI is InChI=1S/C20H20FN5O/c1-14-4-6-15(7-5-14)19-22-24-26(23-19)18-3-2-12-25(13-18)20(27)16-8-10-17(21)11-9-16/h4-11,18H,2-3,12-13H2,1H3. The molecule has 6 nitrogen and oxygen atoms in total. The summed E-state index contributed by atoms with van der Waals surface area (Å²) < 4.78 is 13.1. The lowest BCUT2D eigenvalue weighted by atomic mass is 10.0. The van der Waals surface area contributed by atoms with Gasteiger partial charge >= 0.3 is 0 Å². The molecule has 27 heavy (non-hydrogen) atoms. The van der Waals surface area contributed by atoms with E-state index in [1.165, 1.54) is 29.8 Å². The predicted octanol–water partition coefficient (Wildman–Crippen LogP) is 3.26. The molecule has 3 aromatic rings. The van der Waals surface area contributed by atoms with Crippen LogP contribution in [0.4, 0.5) is 4.39 Å². The first kappa shape index (κ1) is 17.3. The average molecular weight is 365 g/mol. The Morgan fingerprint density at radius 3 is 2.59 bits per heavy atom. The number of tetrazole rings is 1. The smallest absolute Gasteiger partial charge is 0.253 e. The summed E-state index contributed by atoms with van der Waals surface area (Å²) in [5, 5.41) is 12.9. The van der Waals surface area contributed by atoms with Gasteiger partial charge in [0.2, 0.25) is 5.82 Å². The van der Waals surface area contributed by atoms with Crippen molar-refractivity contribution in [3.63, 3.8) is 0 Å². The summed E-state index contributed by atoms with van der Waals surface area (Å²) in [7, 11) is 0. The third-order valence-corrected chi connectivity index (χ3v) is 4.84. The van der Waals surface area contributed by atoms with Crippen LogP contribution in [0.2, 0.25) is 0 Å². The molecule has 1 aliphatic heterocycles. The van der Waals surface area contributed by atoms with Crippen molar-refractivity contribution < 1.29 is 9.18 Å². The predicted molar refractivity (Wildman–Crippen MR) is 98.6 cm³/mol. The van der Waals surface area contributed by atoms with E-state index >= 15 is 0 Å². The Bertz CT molecular complexity index is 936. The van der Waals surface area contributed by atoms with Gasteiger partial charge in [-0.15, -0.1) is 10.2 Å². The number of rotatable bonds is 3. The zero-order valence-electron chi connectivity index (χ0n) is 15.0. The first-order valence-corrected chi connectivity index (χ1v) is 9.01. The minimum atomic E-state index is -0.349. The molecule has 1 fully saturated rings. The molecule has 0 aliphatic carbocycles. The molecule has 1 aliphatic rings. The largest absolute Gasteiger partial charge is 0.336 e. The molecule has 0 saturated carbocycles. The highest BCUT2D eigenvalue weighted by atomic mass is 19.1. The lowest BCUT2D eigenvalue weighted by Crippen LogP contribution is -2.41. The van der Waals surface area contributed by atoms with E-state index in [1.807, 2.05) is 31.2 Å². The maximum atomic E-state index is 13.1. The molecule has 0 radical (unpaired) electrons. The lowest BCUT2D eigenvalue weighted by molar-refractivity contribution is 0.0663. The number of piperidine rings is 1. The molecule has 1 atom stereocenters. The Kier molecular flexibility index (Phi) is 4.66. The molecule has 1 saturated heterocycles. The Balaban J connectivity index is 1.49. The Labute approximate surface area is 156 Å². The fourth-order valence-electron chi connectivity index (χ4n) is 3.30. The number of benzene rings is 2. The van der Waals surface area contributed by atoms with Gasteiger partial charge in [-0.1, -0.05) is 29.8 Å². The molecule has 2 heterocycles. The van der Waals surface area contributed by atoms with Gasteiger partial charge < -0.3 is 4.90 Å². The van der Waals surface area contributed by atoms with Crippen molar-refractivity contribution in [1.29, 1.82) is 0 Å². The number of carbonyl (C=O) groups is 1. The number of carbonyl (C=O) groups excluding carboxylic acids is 1. The van der Waals surface area contributed by atoms with Gasteiger partial charge in [0.05, 0.1) is 6.04 Å². The van der Waals surface area contributed by atoms with Crippen LogP contribution in [0.3, 0.4) is 0 Å². The first-order valence-electron chi connectivity index (χ1n) is 9.01. The topological polar surface area (TPSA) is 63.9 Å². The van der Waals surface area contributed by atoms with Crippen molar-refractivity contribution in [1.82, 2.24) is 25.1 Å². The van der Waals surface area contributed by atoms with Crippen LogP contribution in [-0.4, -0.2) is 44.1 Å². The molecule has 7 heteroatoms. The fraction of sp³-hybridized carbons (Fsp3) is 0.300. The third-order valence-electron chi connectivity index (χ3n) is 4.84. The van der Waals surface area contributed by atoms with Gasteiger partial charge in [-0.25, -0.2) is 4.39 Å². The van der Waals surface area contributed by atoms with Crippen molar-refractivity contribution >= 4 is 5.91 Å². The van der Waals surface area contributed by atoms with E-state index in [2.05, 4.69) is 15.4 Å². The van der Waals surface area contributed by atoms with E-state index in [1.54, 1.807) is 9.70 Å². The molecule has 1 amide bonds. The average Bonchev–Trinajstić information content (AvgIpc) is 3.19. The van der Waals surface area contributed by atoms with Crippen LogP contribution in [0.1, 0.15) is 34.8 Å². The van der Waals surface area contributed by atoms with Crippen molar-refractivity contribution in [2.75, 3.05) is 13.1 Å². The number of halogens is 1. The molecule has 138 valence electrons. The molecular formula is C20H20FN5O. The number of amides is 1. The normalized spacial score (nSPS) is 17.1. The van der Waals surface area contributed by atoms with Gasteiger partial charge in [-0.3, -0.25) is 4.79 Å². The van der Waals surface area contributed by atoms with E-state index in [0.717, 1.165) is 18.4 Å². The quantitative estimate of drug-likeness (QED) is 0.715. The van der Waals surface area contributed by atoms with Crippen molar-refractivity contribution in [3.8, 4) is 11.4 Å². The molecule has 1 unspecified atom stereocenters.